The van der Waals surface area contributed by atoms with Crippen molar-refractivity contribution in [2.45, 2.75) is 283 Å². The number of ether oxygens (including phenoxy) is 4. The second kappa shape index (κ2) is 51.9. The van der Waals surface area contributed by atoms with Gasteiger partial charge in [0.2, 0.25) is 0 Å². The highest BCUT2D eigenvalue weighted by Gasteiger charge is 2.25. The molecule has 0 aliphatic rings. The molecule has 0 spiro atoms. The third kappa shape index (κ3) is 53.1. The summed E-state index contributed by atoms with van der Waals surface area (Å²) in [6.45, 7) is 4.86. The van der Waals surface area contributed by atoms with Gasteiger partial charge in [0.1, 0.15) is 13.2 Å². The summed E-state index contributed by atoms with van der Waals surface area (Å²) < 4.78 is 22.8. The largest absolute Gasteiger partial charge is 0.477 e. The monoisotopic (exact) mass is 975 g/mol. The van der Waals surface area contributed by atoms with E-state index in [1.54, 1.807) is 0 Å². The van der Waals surface area contributed by atoms with Crippen molar-refractivity contribution >= 4 is 17.9 Å². The van der Waals surface area contributed by atoms with Gasteiger partial charge in [0.15, 0.2) is 6.10 Å². The van der Waals surface area contributed by atoms with Gasteiger partial charge in [-0.3, -0.25) is 9.59 Å². The number of carboxylic acids is 1. The maximum Gasteiger partial charge on any atom is 0.361 e. The van der Waals surface area contributed by atoms with Gasteiger partial charge < -0.3 is 28.5 Å². The Bertz CT molecular complexity index is 1230. The number of carbonyl (C=O) groups is 3. The zero-order valence-electron chi connectivity index (χ0n) is 46.0. The van der Waals surface area contributed by atoms with Gasteiger partial charge in [-0.2, -0.15) is 0 Å². The molecule has 0 saturated carbocycles. The Labute approximate surface area is 426 Å². The third-order valence-electron chi connectivity index (χ3n) is 12.9. The maximum absolute atomic E-state index is 12.8. The maximum atomic E-state index is 12.8. The highest BCUT2D eigenvalue weighted by molar-refractivity contribution is 5.71. The van der Waals surface area contributed by atoms with Gasteiger partial charge in [0.25, 0.3) is 6.29 Å². The summed E-state index contributed by atoms with van der Waals surface area (Å²) in [5.74, 6) is -2.01. The van der Waals surface area contributed by atoms with Crippen LogP contribution in [0.2, 0.25) is 0 Å². The SMILES string of the molecule is CCCCC/C=C\C/C=C\CCCCCCCC(=O)OC(COC(=O)CCCCCCCCCCCCCCCCCCC/C=C\CCCCCCCCCC)COC(OCC[N+](C)(C)C)C(=O)O. The van der Waals surface area contributed by atoms with Crippen molar-refractivity contribution in [2.75, 3.05) is 47.5 Å². The number of allylic oxidation sites excluding steroid dienone is 6. The molecule has 0 radical (unpaired) electrons. The van der Waals surface area contributed by atoms with E-state index in [1.807, 2.05) is 21.1 Å². The zero-order valence-corrected chi connectivity index (χ0v) is 46.0. The second-order valence-electron chi connectivity index (χ2n) is 20.9. The molecule has 2 atom stereocenters. The van der Waals surface area contributed by atoms with Crippen LogP contribution in [0.1, 0.15) is 271 Å². The summed E-state index contributed by atoms with van der Waals surface area (Å²) >= 11 is 0. The third-order valence-corrected chi connectivity index (χ3v) is 12.9. The number of rotatable bonds is 54. The molecule has 404 valence electrons. The average Bonchev–Trinajstić information content (AvgIpc) is 3.31. The Hall–Kier alpha value is -2.49. The molecule has 0 aromatic heterocycles. The molecule has 9 heteroatoms. The van der Waals surface area contributed by atoms with E-state index in [-0.39, 0.29) is 32.2 Å². The van der Waals surface area contributed by atoms with Gasteiger partial charge in [0.05, 0.1) is 34.4 Å². The lowest BCUT2D eigenvalue weighted by atomic mass is 10.0. The van der Waals surface area contributed by atoms with Crippen molar-refractivity contribution in [3.05, 3.63) is 36.5 Å². The fourth-order valence-electron chi connectivity index (χ4n) is 8.33. The van der Waals surface area contributed by atoms with Gasteiger partial charge in [-0.1, -0.05) is 224 Å². The van der Waals surface area contributed by atoms with Gasteiger partial charge in [-0.15, -0.1) is 0 Å². The molecule has 0 amide bonds. The first kappa shape index (κ1) is 66.5. The molecule has 69 heavy (non-hydrogen) atoms. The number of esters is 2. The number of hydrogen-bond donors (Lipinski definition) is 1. The Morgan fingerprint density at radius 1 is 0.435 bits per heavy atom. The van der Waals surface area contributed by atoms with Crippen LogP contribution in [0.15, 0.2) is 36.5 Å². The van der Waals surface area contributed by atoms with E-state index in [4.69, 9.17) is 18.9 Å². The molecule has 9 nitrogen and oxygen atoms in total. The normalized spacial score (nSPS) is 13.0. The lowest BCUT2D eigenvalue weighted by Crippen LogP contribution is -2.40. The molecule has 0 aromatic carbocycles. The molecule has 0 rings (SSSR count). The van der Waals surface area contributed by atoms with E-state index in [2.05, 4.69) is 50.3 Å². The minimum atomic E-state index is -1.51. The summed E-state index contributed by atoms with van der Waals surface area (Å²) in [5, 5.41) is 9.68. The molecule has 0 aliphatic carbocycles. The van der Waals surface area contributed by atoms with Crippen LogP contribution in [0.4, 0.5) is 0 Å². The molecular weight excluding hydrogens is 863 g/mol. The summed E-state index contributed by atoms with van der Waals surface area (Å²) in [6, 6.07) is 0. The Balaban J connectivity index is 4.12. The zero-order chi connectivity index (χ0) is 50.6. The summed E-state index contributed by atoms with van der Waals surface area (Å²) in [6.07, 6.45) is 59.5. The number of aliphatic carboxylic acids is 1. The van der Waals surface area contributed by atoms with Gasteiger partial charge in [0, 0.05) is 12.8 Å². The van der Waals surface area contributed by atoms with Crippen LogP contribution < -0.4 is 0 Å². The number of nitrogens with zero attached hydrogens (tertiary/aromatic N) is 1. The van der Waals surface area contributed by atoms with Gasteiger partial charge in [-0.05, 0) is 70.6 Å². The van der Waals surface area contributed by atoms with E-state index in [1.165, 1.54) is 180 Å². The molecule has 2 unspecified atom stereocenters. The number of carbonyl (C=O) groups excluding carboxylic acids is 2. The van der Waals surface area contributed by atoms with Crippen LogP contribution in [-0.2, 0) is 33.3 Å². The molecule has 0 fully saturated rings. The number of likely N-dealkylation sites (N-methyl/N-ethyl adjacent to an activating group) is 1. The van der Waals surface area contributed by atoms with Crippen molar-refractivity contribution in [2.24, 2.45) is 0 Å². The Morgan fingerprint density at radius 2 is 0.783 bits per heavy atom. The molecular formula is C60H112NO8+. The fourth-order valence-corrected chi connectivity index (χ4v) is 8.33. The molecule has 0 saturated heterocycles. The lowest BCUT2D eigenvalue weighted by Gasteiger charge is -2.25. The van der Waals surface area contributed by atoms with Gasteiger partial charge in [-0.25, -0.2) is 4.79 Å². The smallest absolute Gasteiger partial charge is 0.361 e. The van der Waals surface area contributed by atoms with Crippen LogP contribution in [-0.4, -0.2) is 87.4 Å². The Kier molecular flexibility index (Phi) is 50.0. The molecule has 0 aromatic rings. The van der Waals surface area contributed by atoms with Crippen molar-refractivity contribution in [3.63, 3.8) is 0 Å². The van der Waals surface area contributed by atoms with E-state index in [0.717, 1.165) is 57.8 Å². The van der Waals surface area contributed by atoms with Crippen LogP contribution >= 0.6 is 0 Å². The number of quaternary nitrogens is 1. The molecule has 0 heterocycles. The lowest BCUT2D eigenvalue weighted by molar-refractivity contribution is -0.870. The Morgan fingerprint density at radius 3 is 1.19 bits per heavy atom. The van der Waals surface area contributed by atoms with E-state index < -0.39 is 24.3 Å². The van der Waals surface area contributed by atoms with E-state index in [0.29, 0.717) is 23.9 Å². The van der Waals surface area contributed by atoms with Crippen LogP contribution in [0.3, 0.4) is 0 Å². The average molecular weight is 976 g/mol. The number of unbranched alkanes of at least 4 members (excludes halogenated alkanes) is 33. The highest BCUT2D eigenvalue weighted by atomic mass is 16.7. The first-order valence-corrected chi connectivity index (χ1v) is 29.2. The van der Waals surface area contributed by atoms with Crippen molar-refractivity contribution in [1.82, 2.24) is 0 Å². The molecule has 0 aliphatic heterocycles. The standard InChI is InChI=1S/C60H111NO8/c1-6-8-10-12-14-16-18-20-22-23-24-25-26-27-28-29-30-31-32-33-34-35-37-38-40-42-44-46-48-50-57(62)67-54-56(55-68-60(59(64)65)66-53-52-61(3,4)5)69-58(63)51-49-47-45-43-41-39-36-21-19-17-15-13-11-9-7-2/h15,17,21,23-24,36,56,60H,6-14,16,18-20,22,25-35,37-55H2,1-5H3/p+1/b17-15-,24-23-,36-21-. The summed E-state index contributed by atoms with van der Waals surface area (Å²) in [7, 11) is 5.96. The fraction of sp³-hybridized carbons (Fsp3) is 0.850. The van der Waals surface area contributed by atoms with Crippen LogP contribution in [0, 0.1) is 0 Å². The van der Waals surface area contributed by atoms with Crippen LogP contribution in [0.5, 0.6) is 0 Å². The predicted molar refractivity (Wildman–Crippen MR) is 291 cm³/mol. The van der Waals surface area contributed by atoms with Crippen molar-refractivity contribution < 1.29 is 42.9 Å². The number of carboxylic acid groups (broad SMARTS) is 1. The quantitative estimate of drug-likeness (QED) is 0.0211. The van der Waals surface area contributed by atoms with E-state index >= 15 is 0 Å². The van der Waals surface area contributed by atoms with Crippen molar-refractivity contribution in [3.8, 4) is 0 Å². The first-order valence-electron chi connectivity index (χ1n) is 29.2. The first-order chi connectivity index (χ1) is 33.6. The molecule has 0 bridgehead atoms. The minimum Gasteiger partial charge on any atom is -0.477 e. The van der Waals surface area contributed by atoms with Crippen molar-refractivity contribution in [1.29, 1.82) is 0 Å². The minimum absolute atomic E-state index is 0.185. The van der Waals surface area contributed by atoms with Gasteiger partial charge >= 0.3 is 17.9 Å². The second-order valence-corrected chi connectivity index (χ2v) is 20.9. The highest BCUT2D eigenvalue weighted by Crippen LogP contribution is 2.17. The van der Waals surface area contributed by atoms with E-state index in [9.17, 15) is 19.5 Å². The topological polar surface area (TPSA) is 108 Å². The molecule has 1 N–H and O–H groups in total. The predicted octanol–water partition coefficient (Wildman–Crippen LogP) is 16.9. The van der Waals surface area contributed by atoms with Crippen LogP contribution in [0.25, 0.3) is 0 Å². The summed E-state index contributed by atoms with van der Waals surface area (Å²) in [5.41, 5.74) is 0. The number of hydrogen-bond acceptors (Lipinski definition) is 7. The summed E-state index contributed by atoms with van der Waals surface area (Å²) in [4.78, 5) is 37.3.